The largest absolute Gasteiger partial charge is 0.324 e. The van der Waals surface area contributed by atoms with Crippen molar-refractivity contribution in [2.75, 3.05) is 0 Å². The molecule has 2 saturated heterocycles. The van der Waals surface area contributed by atoms with Crippen molar-refractivity contribution in [1.29, 1.82) is 0 Å². The van der Waals surface area contributed by atoms with Crippen molar-refractivity contribution in [2.45, 2.75) is 49.1 Å². The van der Waals surface area contributed by atoms with Gasteiger partial charge in [0.1, 0.15) is 0 Å². The highest BCUT2D eigenvalue weighted by molar-refractivity contribution is 7.37. The van der Waals surface area contributed by atoms with Crippen LogP contribution >= 0.6 is 8.19 Å². The van der Waals surface area contributed by atoms with E-state index in [2.05, 4.69) is 30.5 Å². The Balaban J connectivity index is 1.73. The van der Waals surface area contributed by atoms with Crippen LogP contribution in [0.25, 0.3) is 0 Å². The van der Waals surface area contributed by atoms with Crippen LogP contribution in [0.4, 0.5) is 0 Å². The summed E-state index contributed by atoms with van der Waals surface area (Å²) in [4.78, 5) is 0. The van der Waals surface area contributed by atoms with Crippen LogP contribution in [0, 0.1) is 0 Å². The Hall–Kier alpha value is -0.365. The Kier molecular flexibility index (Phi) is 2.21. The van der Waals surface area contributed by atoms with Gasteiger partial charge in [-0.15, -0.1) is 0 Å². The number of piperidine rings is 1. The van der Waals surface area contributed by atoms with Gasteiger partial charge in [-0.3, -0.25) is 0 Å². The Morgan fingerprint density at radius 3 is 2.82 bits per heavy atom. The van der Waals surface area contributed by atoms with Crippen LogP contribution in [0.2, 0.25) is 5.31 Å². The quantitative estimate of drug-likeness (QED) is 0.680. The predicted molar refractivity (Wildman–Crippen MR) is 73.1 cm³/mol. The first-order chi connectivity index (χ1) is 8.27. The number of hydrogen-bond donors (Lipinski definition) is 2. The van der Waals surface area contributed by atoms with Gasteiger partial charge in [0.2, 0.25) is 0 Å². The first-order valence-corrected chi connectivity index (χ1v) is 7.56. The van der Waals surface area contributed by atoms with Gasteiger partial charge in [0.15, 0.2) is 7.28 Å². The van der Waals surface area contributed by atoms with Crippen molar-refractivity contribution in [2.24, 2.45) is 5.73 Å². The van der Waals surface area contributed by atoms with Gasteiger partial charge < -0.3 is 11.1 Å². The molecule has 87 valence electrons. The van der Waals surface area contributed by atoms with Gasteiger partial charge >= 0.3 is 0 Å². The third kappa shape index (κ3) is 1.46. The van der Waals surface area contributed by atoms with E-state index in [1.807, 2.05) is 0 Å². The van der Waals surface area contributed by atoms with Crippen molar-refractivity contribution in [1.82, 2.24) is 5.32 Å². The predicted octanol–water partition coefficient (Wildman–Crippen LogP) is 1.68. The van der Waals surface area contributed by atoms with Gasteiger partial charge in [-0.25, -0.2) is 0 Å². The minimum absolute atomic E-state index is 0.236. The summed E-state index contributed by atoms with van der Waals surface area (Å²) in [6.45, 7) is 0. The van der Waals surface area contributed by atoms with Gasteiger partial charge in [-0.2, -0.15) is 0 Å². The van der Waals surface area contributed by atoms with E-state index < -0.39 is 0 Å². The molecular formula is C13H17BN2P. The molecule has 0 aromatic carbocycles. The molecule has 3 unspecified atom stereocenters. The van der Waals surface area contributed by atoms with Crippen molar-refractivity contribution in [3.05, 3.63) is 23.5 Å². The summed E-state index contributed by atoms with van der Waals surface area (Å²) in [5.74, 6) is 2.22. The van der Waals surface area contributed by atoms with Crippen LogP contribution in [-0.4, -0.2) is 19.4 Å². The van der Waals surface area contributed by atoms with Crippen LogP contribution < -0.4 is 16.2 Å². The van der Waals surface area contributed by atoms with E-state index in [-0.39, 0.29) is 11.4 Å². The van der Waals surface area contributed by atoms with Gasteiger partial charge in [-0.1, -0.05) is 25.5 Å². The molecule has 4 heterocycles. The Morgan fingerprint density at radius 1 is 1.35 bits per heavy atom. The SMILES string of the molecule is NC1c2cccpc2[B]C12CC1CCC(C2)N1. The fourth-order valence-electron chi connectivity index (χ4n) is 4.08. The van der Waals surface area contributed by atoms with Crippen molar-refractivity contribution in [3.63, 3.8) is 0 Å². The summed E-state index contributed by atoms with van der Waals surface area (Å²) in [7, 11) is 3.85. The van der Waals surface area contributed by atoms with Gasteiger partial charge in [-0.05, 0) is 42.4 Å². The standard InChI is InChI=1S/C13H17BN2P/c15-11-10-2-1-5-17-12(10)14-13(11)6-8-3-4-9(7-13)16-8/h1-2,5,8-9,11,16H,3-4,6-7,15H2. The number of nitrogens with two attached hydrogens (primary N) is 1. The molecule has 0 amide bonds. The molecule has 1 aromatic heterocycles. The molecule has 17 heavy (non-hydrogen) atoms. The first-order valence-electron chi connectivity index (χ1n) is 6.59. The summed E-state index contributed by atoms with van der Waals surface area (Å²) >= 11 is 0. The highest BCUT2D eigenvalue weighted by atomic mass is 31.0. The summed E-state index contributed by atoms with van der Waals surface area (Å²) in [5, 5.41) is 5.46. The number of rotatable bonds is 0. The number of fused-ring (bicyclic) bond motifs is 3. The van der Waals surface area contributed by atoms with Crippen molar-refractivity contribution in [3.8, 4) is 0 Å². The van der Waals surface area contributed by atoms with E-state index in [1.54, 1.807) is 0 Å². The zero-order chi connectivity index (χ0) is 11.5. The summed E-state index contributed by atoms with van der Waals surface area (Å²) < 4.78 is 0. The minimum Gasteiger partial charge on any atom is -0.324 e. The Bertz CT molecular complexity index is 452. The molecule has 1 aromatic rings. The molecule has 3 aliphatic heterocycles. The molecule has 4 rings (SSSR count). The smallest absolute Gasteiger partial charge is 0.168 e. The number of hydrogen-bond acceptors (Lipinski definition) is 2. The normalized spacial score (nSPS) is 43.0. The fraction of sp³-hybridized carbons (Fsp3) is 0.615. The lowest BCUT2D eigenvalue weighted by Crippen LogP contribution is -2.46. The maximum Gasteiger partial charge on any atom is 0.168 e. The highest BCUT2D eigenvalue weighted by Crippen LogP contribution is 2.55. The maximum atomic E-state index is 6.56. The monoisotopic (exact) mass is 243 g/mol. The van der Waals surface area contributed by atoms with Crippen molar-refractivity contribution < 1.29 is 0 Å². The average Bonchev–Trinajstić information content (AvgIpc) is 2.80. The third-order valence-electron chi connectivity index (χ3n) is 4.84. The Labute approximate surface area is 105 Å². The Morgan fingerprint density at radius 2 is 2.12 bits per heavy atom. The number of nitrogens with one attached hydrogen (secondary N) is 1. The molecule has 3 atom stereocenters. The maximum absolute atomic E-state index is 6.56. The zero-order valence-electron chi connectivity index (χ0n) is 9.89. The molecule has 2 fully saturated rings. The van der Waals surface area contributed by atoms with Crippen LogP contribution in [0.1, 0.15) is 37.3 Å². The topological polar surface area (TPSA) is 38.0 Å². The molecule has 0 aliphatic carbocycles. The third-order valence-corrected chi connectivity index (χ3v) is 5.82. The second kappa shape index (κ2) is 3.57. The first kappa shape index (κ1) is 10.5. The van der Waals surface area contributed by atoms with E-state index >= 15 is 0 Å². The molecule has 1 radical (unpaired) electrons. The molecule has 2 nitrogen and oxygen atoms in total. The molecule has 2 bridgehead atoms. The van der Waals surface area contributed by atoms with Crippen LogP contribution in [-0.2, 0) is 0 Å². The van der Waals surface area contributed by atoms with E-state index in [1.165, 1.54) is 44.6 Å². The van der Waals surface area contributed by atoms with Crippen LogP contribution in [0.3, 0.4) is 0 Å². The summed E-state index contributed by atoms with van der Waals surface area (Å²) in [5.41, 5.74) is 7.96. The van der Waals surface area contributed by atoms with Gasteiger partial charge in [0.25, 0.3) is 0 Å². The minimum atomic E-state index is 0.236. The summed E-state index contributed by atoms with van der Waals surface area (Å²) in [6, 6.07) is 6.04. The van der Waals surface area contributed by atoms with Crippen LogP contribution in [0.5, 0.6) is 0 Å². The molecule has 1 spiro atoms. The van der Waals surface area contributed by atoms with Gasteiger partial charge in [0, 0.05) is 18.1 Å². The van der Waals surface area contributed by atoms with E-state index in [4.69, 9.17) is 5.73 Å². The molecule has 0 saturated carbocycles. The molecule has 4 heteroatoms. The van der Waals surface area contributed by atoms with E-state index in [0.717, 1.165) is 0 Å². The molecule has 3 N–H and O–H groups in total. The zero-order valence-corrected chi connectivity index (χ0v) is 10.8. The van der Waals surface area contributed by atoms with E-state index in [9.17, 15) is 0 Å². The molecular weight excluding hydrogens is 226 g/mol. The second-order valence-electron chi connectivity index (χ2n) is 5.88. The van der Waals surface area contributed by atoms with Crippen LogP contribution in [0.15, 0.2) is 17.9 Å². The highest BCUT2D eigenvalue weighted by Gasteiger charge is 2.51. The lowest BCUT2D eigenvalue weighted by Gasteiger charge is -2.41. The van der Waals surface area contributed by atoms with Gasteiger partial charge in [0.05, 0.1) is 0 Å². The second-order valence-corrected chi connectivity index (χ2v) is 6.92. The fourth-order valence-corrected chi connectivity index (χ4v) is 5.11. The lowest BCUT2D eigenvalue weighted by molar-refractivity contribution is 0.283. The average molecular weight is 243 g/mol. The molecule has 3 aliphatic rings. The summed E-state index contributed by atoms with van der Waals surface area (Å²) in [6.07, 6.45) is 5.16. The lowest BCUT2D eigenvalue weighted by atomic mass is 9.48. The van der Waals surface area contributed by atoms with Crippen molar-refractivity contribution >= 4 is 20.7 Å². The van der Waals surface area contributed by atoms with E-state index in [0.29, 0.717) is 12.1 Å².